The van der Waals surface area contributed by atoms with Gasteiger partial charge in [-0.05, 0) is 18.5 Å². The van der Waals surface area contributed by atoms with Crippen LogP contribution >= 0.6 is 21.9 Å². The first kappa shape index (κ1) is 5.91. The first-order chi connectivity index (χ1) is 3.15. The van der Waals surface area contributed by atoms with Gasteiger partial charge in [0.05, 0.1) is 0 Å². The predicted molar refractivity (Wildman–Crippen MR) is 40.1 cm³/mol. The van der Waals surface area contributed by atoms with Crippen molar-refractivity contribution in [3.63, 3.8) is 0 Å². The van der Waals surface area contributed by atoms with E-state index in [2.05, 4.69) is 28.8 Å². The van der Waals surface area contributed by atoms with Gasteiger partial charge in [0.25, 0.3) is 0 Å². The molecule has 0 heterocycles. The molecule has 2 unspecified atom stereocenters. The third-order valence-corrected chi connectivity index (χ3v) is 3.38. The van der Waals surface area contributed by atoms with Crippen LogP contribution in [0.25, 0.3) is 0 Å². The Labute approximate surface area is 52.7 Å². The van der Waals surface area contributed by atoms with Crippen LogP contribution in [0.3, 0.4) is 0 Å². The molecule has 42 valence electrons. The fraction of sp³-hybridized carbons (Fsp3) is 1.00. The van der Waals surface area contributed by atoms with Crippen LogP contribution in [0, 0.1) is 0 Å². The van der Waals surface area contributed by atoms with Gasteiger partial charge in [0.2, 0.25) is 0 Å². The molecule has 0 amide bonds. The van der Waals surface area contributed by atoms with Crippen molar-refractivity contribution < 1.29 is 0 Å². The van der Waals surface area contributed by atoms with Gasteiger partial charge in [0, 0.05) is 4.75 Å². The van der Waals surface area contributed by atoms with Crippen LogP contribution in [0.15, 0.2) is 0 Å². The maximum atomic E-state index is 4.44. The van der Waals surface area contributed by atoms with E-state index in [9.17, 15) is 0 Å². The van der Waals surface area contributed by atoms with Crippen LogP contribution in [-0.4, -0.2) is 10.4 Å². The molecular formula is C5H11PS. The van der Waals surface area contributed by atoms with Crippen molar-refractivity contribution in [2.24, 2.45) is 0 Å². The van der Waals surface area contributed by atoms with Gasteiger partial charge in [-0.25, -0.2) is 0 Å². The molecule has 0 bridgehead atoms. The van der Waals surface area contributed by atoms with E-state index < -0.39 is 0 Å². The highest BCUT2D eigenvalue weighted by Gasteiger charge is 2.41. The van der Waals surface area contributed by atoms with E-state index in [1.165, 1.54) is 12.8 Å². The molecule has 1 aliphatic carbocycles. The fourth-order valence-electron chi connectivity index (χ4n) is 0.583. The van der Waals surface area contributed by atoms with E-state index in [4.69, 9.17) is 0 Å². The summed E-state index contributed by atoms with van der Waals surface area (Å²) in [5.74, 6) is 0. The summed E-state index contributed by atoms with van der Waals surface area (Å²) in [5.41, 5.74) is 0.691. The molecule has 0 aromatic carbocycles. The van der Waals surface area contributed by atoms with Crippen molar-refractivity contribution in [2.75, 3.05) is 0 Å². The molecule has 0 N–H and O–H groups in total. The highest BCUT2D eigenvalue weighted by atomic mass is 32.1. The molecule has 0 nitrogen and oxygen atoms in total. The lowest BCUT2D eigenvalue weighted by molar-refractivity contribution is 0.883. The zero-order valence-corrected chi connectivity index (χ0v) is 6.57. The molecule has 1 saturated carbocycles. The number of hydrogen-bond donors (Lipinski definition) is 1. The lowest BCUT2D eigenvalue weighted by atomic mass is 10.3. The Morgan fingerprint density at radius 2 is 2.14 bits per heavy atom. The second kappa shape index (κ2) is 1.63. The number of hydrogen-bond acceptors (Lipinski definition) is 1. The van der Waals surface area contributed by atoms with Gasteiger partial charge in [0.1, 0.15) is 0 Å². The zero-order chi connectivity index (χ0) is 5.49. The molecule has 0 saturated heterocycles. The van der Waals surface area contributed by atoms with E-state index in [1.54, 1.807) is 0 Å². The van der Waals surface area contributed by atoms with Gasteiger partial charge in [0.15, 0.2) is 0 Å². The summed E-state index contributed by atoms with van der Waals surface area (Å²) < 4.78 is 0.407. The van der Waals surface area contributed by atoms with Crippen LogP contribution in [-0.2, 0) is 0 Å². The van der Waals surface area contributed by atoms with E-state index in [0.29, 0.717) is 10.4 Å². The zero-order valence-electron chi connectivity index (χ0n) is 4.52. The lowest BCUT2D eigenvalue weighted by Gasteiger charge is -2.09. The molecule has 1 aliphatic rings. The molecule has 0 aromatic rings. The SMILES string of the molecule is CC(P)C1(S)CC1. The molecule has 2 atom stereocenters. The second-order valence-electron chi connectivity index (χ2n) is 2.39. The Hall–Kier alpha value is 0.780. The molecule has 0 aromatic heterocycles. The Morgan fingerprint density at radius 3 is 2.14 bits per heavy atom. The third-order valence-electron chi connectivity index (χ3n) is 1.61. The summed E-state index contributed by atoms with van der Waals surface area (Å²) in [6.45, 7) is 2.20. The van der Waals surface area contributed by atoms with Crippen molar-refractivity contribution in [2.45, 2.75) is 30.2 Å². The second-order valence-corrected chi connectivity index (χ2v) is 4.28. The summed E-state index contributed by atoms with van der Waals surface area (Å²) in [4.78, 5) is 0. The van der Waals surface area contributed by atoms with Crippen LogP contribution in [0.2, 0.25) is 0 Å². The van der Waals surface area contributed by atoms with E-state index >= 15 is 0 Å². The maximum absolute atomic E-state index is 4.44. The molecule has 2 heteroatoms. The molecular weight excluding hydrogens is 123 g/mol. The average molecular weight is 134 g/mol. The highest BCUT2D eigenvalue weighted by Crippen LogP contribution is 2.47. The Kier molecular flexibility index (Phi) is 1.38. The minimum atomic E-state index is 0.407. The van der Waals surface area contributed by atoms with Crippen molar-refractivity contribution in [1.29, 1.82) is 0 Å². The highest BCUT2D eigenvalue weighted by molar-refractivity contribution is 7.82. The maximum Gasteiger partial charge on any atom is 0.0190 e. The summed E-state index contributed by atoms with van der Waals surface area (Å²) in [7, 11) is 2.79. The summed E-state index contributed by atoms with van der Waals surface area (Å²) in [6, 6.07) is 0. The standard InChI is InChI=1S/C5H11PS/c1-4(6)5(7)2-3-5/h4,7H,2-3,6H2,1H3. The predicted octanol–water partition coefficient (Wildman–Crippen LogP) is 1.71. The summed E-state index contributed by atoms with van der Waals surface area (Å²) in [6.07, 6.45) is 2.61. The molecule has 7 heavy (non-hydrogen) atoms. The van der Waals surface area contributed by atoms with E-state index in [-0.39, 0.29) is 0 Å². The van der Waals surface area contributed by atoms with Gasteiger partial charge >= 0.3 is 0 Å². The molecule has 1 rings (SSSR count). The Balaban J connectivity index is 2.39. The normalized spacial score (nSPS) is 29.6. The minimum Gasteiger partial charge on any atom is -0.172 e. The van der Waals surface area contributed by atoms with Gasteiger partial charge in [-0.3, -0.25) is 0 Å². The topological polar surface area (TPSA) is 0 Å². The smallest absolute Gasteiger partial charge is 0.0190 e. The average Bonchev–Trinajstić information content (AvgIpc) is 2.21. The quantitative estimate of drug-likeness (QED) is 0.409. The monoisotopic (exact) mass is 134 g/mol. The van der Waals surface area contributed by atoms with Crippen molar-refractivity contribution >= 4 is 21.9 Å². The van der Waals surface area contributed by atoms with Gasteiger partial charge in [-0.1, -0.05) is 6.92 Å². The number of thiol groups is 1. The first-order valence-electron chi connectivity index (χ1n) is 2.63. The van der Waals surface area contributed by atoms with Crippen LogP contribution in [0.4, 0.5) is 0 Å². The van der Waals surface area contributed by atoms with E-state index in [0.717, 1.165) is 0 Å². The number of rotatable bonds is 1. The van der Waals surface area contributed by atoms with Crippen molar-refractivity contribution in [3.05, 3.63) is 0 Å². The van der Waals surface area contributed by atoms with Crippen molar-refractivity contribution in [1.82, 2.24) is 0 Å². The van der Waals surface area contributed by atoms with E-state index in [1.807, 2.05) is 0 Å². The van der Waals surface area contributed by atoms with Gasteiger partial charge in [-0.2, -0.15) is 12.6 Å². The van der Waals surface area contributed by atoms with Crippen LogP contribution < -0.4 is 0 Å². The van der Waals surface area contributed by atoms with Gasteiger partial charge < -0.3 is 0 Å². The Morgan fingerprint density at radius 1 is 1.71 bits per heavy atom. The van der Waals surface area contributed by atoms with Crippen molar-refractivity contribution in [3.8, 4) is 0 Å². The summed E-state index contributed by atoms with van der Waals surface area (Å²) in [5, 5.41) is 0. The van der Waals surface area contributed by atoms with Gasteiger partial charge in [-0.15, -0.1) is 9.24 Å². The fourth-order valence-corrected chi connectivity index (χ4v) is 1.03. The molecule has 1 fully saturated rings. The third kappa shape index (κ3) is 1.12. The first-order valence-corrected chi connectivity index (χ1v) is 3.74. The van der Waals surface area contributed by atoms with Crippen LogP contribution in [0.5, 0.6) is 0 Å². The van der Waals surface area contributed by atoms with Crippen LogP contribution in [0.1, 0.15) is 19.8 Å². The molecule has 0 aliphatic heterocycles. The molecule has 0 spiro atoms. The largest absolute Gasteiger partial charge is 0.172 e. The lowest BCUT2D eigenvalue weighted by Crippen LogP contribution is -2.09. The Bertz CT molecular complexity index is 76.1. The minimum absolute atomic E-state index is 0.407. The molecule has 0 radical (unpaired) electrons. The summed E-state index contributed by atoms with van der Waals surface area (Å²) >= 11 is 4.44.